The maximum absolute atomic E-state index is 10.3. The Balaban J connectivity index is 1.62. The van der Waals surface area contributed by atoms with Crippen LogP contribution in [0.2, 0.25) is 0 Å². The maximum Gasteiger partial charge on any atom is 0.191 e. The van der Waals surface area contributed by atoms with Gasteiger partial charge in [-0.1, -0.05) is 0 Å². The molecule has 0 aromatic carbocycles. The molecule has 128 valence electrons. The van der Waals surface area contributed by atoms with Crippen LogP contribution in [0.1, 0.15) is 26.2 Å². The molecule has 2 aliphatic rings. The van der Waals surface area contributed by atoms with Gasteiger partial charge in [-0.3, -0.25) is 4.99 Å². The first-order valence-corrected chi connectivity index (χ1v) is 9.39. The first kappa shape index (κ1) is 17.8. The number of ether oxygens (including phenoxy) is 2. The summed E-state index contributed by atoms with van der Waals surface area (Å²) in [5, 5.41) is 16.8. The van der Waals surface area contributed by atoms with Gasteiger partial charge in [0.1, 0.15) is 0 Å². The van der Waals surface area contributed by atoms with Crippen LogP contribution in [-0.2, 0) is 9.47 Å². The molecule has 0 bridgehead atoms. The van der Waals surface area contributed by atoms with Crippen molar-refractivity contribution in [2.24, 2.45) is 4.99 Å². The summed E-state index contributed by atoms with van der Waals surface area (Å²) < 4.78 is 11.0. The molecule has 0 saturated carbocycles. The predicted octanol–water partition coefficient (Wildman–Crippen LogP) is 0.605. The number of thioether (sulfide) groups is 1. The molecule has 0 aromatic rings. The van der Waals surface area contributed by atoms with Crippen molar-refractivity contribution in [1.82, 2.24) is 10.6 Å². The number of hydrogen-bond donors (Lipinski definition) is 3. The number of nitrogens with one attached hydrogen (secondary N) is 2. The van der Waals surface area contributed by atoms with Crippen molar-refractivity contribution in [3.63, 3.8) is 0 Å². The van der Waals surface area contributed by atoms with E-state index in [1.165, 1.54) is 0 Å². The molecule has 2 rings (SSSR count). The van der Waals surface area contributed by atoms with Crippen molar-refractivity contribution in [2.45, 2.75) is 37.9 Å². The quantitative estimate of drug-likeness (QED) is 0.344. The van der Waals surface area contributed by atoms with E-state index in [0.717, 1.165) is 69.6 Å². The van der Waals surface area contributed by atoms with Crippen LogP contribution in [0, 0.1) is 0 Å². The fourth-order valence-electron chi connectivity index (χ4n) is 2.46. The van der Waals surface area contributed by atoms with Gasteiger partial charge in [0.25, 0.3) is 0 Å². The molecular formula is C15H29N3O3S. The van der Waals surface area contributed by atoms with Crippen LogP contribution in [-0.4, -0.2) is 73.7 Å². The summed E-state index contributed by atoms with van der Waals surface area (Å²) in [6.07, 6.45) is 3.04. The highest BCUT2D eigenvalue weighted by atomic mass is 32.2. The van der Waals surface area contributed by atoms with Crippen molar-refractivity contribution < 1.29 is 14.6 Å². The maximum atomic E-state index is 10.3. The minimum atomic E-state index is -0.626. The van der Waals surface area contributed by atoms with Gasteiger partial charge in [-0.15, -0.1) is 0 Å². The van der Waals surface area contributed by atoms with Gasteiger partial charge in [0.05, 0.1) is 24.9 Å². The van der Waals surface area contributed by atoms with Crippen LogP contribution in [0.5, 0.6) is 0 Å². The van der Waals surface area contributed by atoms with Gasteiger partial charge in [0.15, 0.2) is 5.96 Å². The van der Waals surface area contributed by atoms with Crippen molar-refractivity contribution in [2.75, 3.05) is 51.0 Å². The van der Waals surface area contributed by atoms with Gasteiger partial charge in [0.2, 0.25) is 0 Å². The van der Waals surface area contributed by atoms with E-state index in [4.69, 9.17) is 9.47 Å². The molecule has 2 unspecified atom stereocenters. The molecule has 0 aliphatic carbocycles. The lowest BCUT2D eigenvalue weighted by Gasteiger charge is -2.20. The molecule has 2 heterocycles. The van der Waals surface area contributed by atoms with Crippen LogP contribution in [0.25, 0.3) is 0 Å². The molecule has 7 heteroatoms. The van der Waals surface area contributed by atoms with Gasteiger partial charge in [-0.05, 0) is 31.9 Å². The Morgan fingerprint density at radius 3 is 3.09 bits per heavy atom. The number of aliphatic hydroxyl groups is 1. The first-order chi connectivity index (χ1) is 10.7. The molecule has 0 radical (unpaired) electrons. The summed E-state index contributed by atoms with van der Waals surface area (Å²) in [7, 11) is 0. The summed E-state index contributed by atoms with van der Waals surface area (Å²) in [5.41, 5.74) is -0.626. The lowest BCUT2D eigenvalue weighted by molar-refractivity contribution is 0.0419. The fraction of sp³-hybridized carbons (Fsp3) is 0.933. The van der Waals surface area contributed by atoms with E-state index < -0.39 is 5.60 Å². The summed E-state index contributed by atoms with van der Waals surface area (Å²) in [6.45, 7) is 6.42. The van der Waals surface area contributed by atoms with Gasteiger partial charge < -0.3 is 25.2 Å². The Morgan fingerprint density at radius 2 is 2.41 bits per heavy atom. The molecule has 2 fully saturated rings. The summed E-state index contributed by atoms with van der Waals surface area (Å²) in [4.78, 5) is 4.51. The smallest absolute Gasteiger partial charge is 0.191 e. The minimum Gasteiger partial charge on any atom is -0.387 e. The highest BCUT2D eigenvalue weighted by Crippen LogP contribution is 2.27. The van der Waals surface area contributed by atoms with Crippen molar-refractivity contribution in [3.8, 4) is 0 Å². The predicted molar refractivity (Wildman–Crippen MR) is 90.7 cm³/mol. The molecule has 2 aliphatic heterocycles. The SMILES string of the molecule is CCNC(=NCC1(O)CCSC1)NCCCOC1CCOC1. The molecule has 0 spiro atoms. The van der Waals surface area contributed by atoms with E-state index in [0.29, 0.717) is 6.54 Å². The second kappa shape index (κ2) is 9.60. The van der Waals surface area contributed by atoms with Crippen LogP contribution < -0.4 is 10.6 Å². The zero-order valence-electron chi connectivity index (χ0n) is 13.5. The van der Waals surface area contributed by atoms with Gasteiger partial charge >= 0.3 is 0 Å². The van der Waals surface area contributed by atoms with Crippen molar-refractivity contribution in [3.05, 3.63) is 0 Å². The monoisotopic (exact) mass is 331 g/mol. The fourth-order valence-corrected chi connectivity index (χ4v) is 3.75. The third-order valence-electron chi connectivity index (χ3n) is 3.81. The molecule has 22 heavy (non-hydrogen) atoms. The van der Waals surface area contributed by atoms with Gasteiger partial charge in [-0.2, -0.15) is 11.8 Å². The van der Waals surface area contributed by atoms with Crippen LogP contribution >= 0.6 is 11.8 Å². The molecule has 6 nitrogen and oxygen atoms in total. The third kappa shape index (κ3) is 6.32. The Bertz CT molecular complexity index is 343. The lowest BCUT2D eigenvalue weighted by atomic mass is 10.1. The number of rotatable bonds is 8. The zero-order chi connectivity index (χ0) is 15.7. The normalized spacial score (nSPS) is 29.0. The second-order valence-corrected chi connectivity index (χ2v) is 6.96. The first-order valence-electron chi connectivity index (χ1n) is 8.23. The van der Waals surface area contributed by atoms with E-state index >= 15 is 0 Å². The standard InChI is InChI=1S/C15H29N3O3S/c1-2-16-14(18-11-15(19)5-9-22-12-15)17-6-3-7-21-13-4-8-20-10-13/h13,19H,2-12H2,1H3,(H2,16,17,18). The van der Waals surface area contributed by atoms with Crippen molar-refractivity contribution >= 4 is 17.7 Å². The third-order valence-corrected chi connectivity index (χ3v) is 5.05. The van der Waals surface area contributed by atoms with Gasteiger partial charge in [-0.25, -0.2) is 0 Å². The zero-order valence-corrected chi connectivity index (χ0v) is 14.3. The molecule has 0 aromatic heterocycles. The van der Waals surface area contributed by atoms with E-state index in [-0.39, 0.29) is 6.10 Å². The molecule has 2 atom stereocenters. The number of hydrogen-bond acceptors (Lipinski definition) is 5. The molecule has 0 amide bonds. The Morgan fingerprint density at radius 1 is 1.50 bits per heavy atom. The average Bonchev–Trinajstić information content (AvgIpc) is 3.16. The summed E-state index contributed by atoms with van der Waals surface area (Å²) in [6, 6.07) is 0. The number of guanidine groups is 1. The Labute approximate surface area is 137 Å². The summed E-state index contributed by atoms with van der Waals surface area (Å²) >= 11 is 1.80. The van der Waals surface area contributed by atoms with E-state index in [2.05, 4.69) is 15.6 Å². The van der Waals surface area contributed by atoms with Crippen LogP contribution in [0.4, 0.5) is 0 Å². The van der Waals surface area contributed by atoms with Crippen LogP contribution in [0.3, 0.4) is 0 Å². The highest BCUT2D eigenvalue weighted by Gasteiger charge is 2.31. The van der Waals surface area contributed by atoms with E-state index in [1.54, 1.807) is 11.8 Å². The summed E-state index contributed by atoms with van der Waals surface area (Å²) in [5.74, 6) is 2.59. The average molecular weight is 331 g/mol. The van der Waals surface area contributed by atoms with Crippen LogP contribution in [0.15, 0.2) is 4.99 Å². The Hall–Kier alpha value is -0.500. The lowest BCUT2D eigenvalue weighted by Crippen LogP contribution is -2.40. The Kier molecular flexibility index (Phi) is 7.79. The molecule has 3 N–H and O–H groups in total. The minimum absolute atomic E-state index is 0.274. The highest BCUT2D eigenvalue weighted by molar-refractivity contribution is 7.99. The van der Waals surface area contributed by atoms with E-state index in [1.807, 2.05) is 6.92 Å². The molecule has 2 saturated heterocycles. The second-order valence-electron chi connectivity index (χ2n) is 5.86. The van der Waals surface area contributed by atoms with Gasteiger partial charge in [0, 0.05) is 32.1 Å². The molecular weight excluding hydrogens is 302 g/mol. The van der Waals surface area contributed by atoms with Crippen molar-refractivity contribution in [1.29, 1.82) is 0 Å². The topological polar surface area (TPSA) is 75.1 Å². The number of nitrogens with zero attached hydrogens (tertiary/aromatic N) is 1. The largest absolute Gasteiger partial charge is 0.387 e. The van der Waals surface area contributed by atoms with E-state index in [9.17, 15) is 5.11 Å². The number of aliphatic imine (C=N–C) groups is 1.